The Morgan fingerprint density at radius 1 is 1.06 bits per heavy atom. The molecule has 7 heteroatoms. The van der Waals surface area contributed by atoms with Crippen molar-refractivity contribution in [2.75, 3.05) is 5.75 Å². The van der Waals surface area contributed by atoms with Gasteiger partial charge in [0.25, 0.3) is 0 Å². The smallest absolute Gasteiger partial charge is 0.242 e. The lowest BCUT2D eigenvalue weighted by Gasteiger charge is -2.29. The molecule has 166 valence electrons. The van der Waals surface area contributed by atoms with E-state index in [0.717, 1.165) is 36.8 Å². The quantitative estimate of drug-likeness (QED) is 0.502. The van der Waals surface area contributed by atoms with Crippen LogP contribution in [0.4, 0.5) is 0 Å². The number of carbonyl (C=O) groups excluding carboxylic acids is 2. The zero-order chi connectivity index (χ0) is 22.2. The number of hydrogen-bond donors (Lipinski definition) is 1. The second-order valence-corrected chi connectivity index (χ2v) is 9.80. The minimum absolute atomic E-state index is 0.0620. The molecule has 1 atom stereocenters. The SMILES string of the molecule is CC(C(=O)NC1CCCC1)N(Cc1cccc(Cl)c1)C(=O)CSCc1ccc(Cl)cc1. The maximum atomic E-state index is 13.1. The summed E-state index contributed by atoms with van der Waals surface area (Å²) in [5.41, 5.74) is 2.01. The number of amides is 2. The zero-order valence-corrected chi connectivity index (χ0v) is 20.0. The predicted octanol–water partition coefficient (Wildman–Crippen LogP) is 5.70. The molecule has 0 saturated heterocycles. The summed E-state index contributed by atoms with van der Waals surface area (Å²) in [7, 11) is 0. The highest BCUT2D eigenvalue weighted by molar-refractivity contribution is 7.99. The third-order valence-corrected chi connectivity index (χ3v) is 6.99. The van der Waals surface area contributed by atoms with E-state index in [1.54, 1.807) is 17.9 Å². The van der Waals surface area contributed by atoms with Gasteiger partial charge in [0.15, 0.2) is 0 Å². The van der Waals surface area contributed by atoms with Crippen LogP contribution in [-0.2, 0) is 21.9 Å². The van der Waals surface area contributed by atoms with Crippen molar-refractivity contribution in [1.29, 1.82) is 0 Å². The molecule has 0 aromatic heterocycles. The third kappa shape index (κ3) is 7.44. The zero-order valence-electron chi connectivity index (χ0n) is 17.7. The van der Waals surface area contributed by atoms with Crippen molar-refractivity contribution in [2.24, 2.45) is 0 Å². The Morgan fingerprint density at radius 2 is 1.77 bits per heavy atom. The van der Waals surface area contributed by atoms with E-state index in [2.05, 4.69) is 5.32 Å². The van der Waals surface area contributed by atoms with Gasteiger partial charge in [-0.2, -0.15) is 0 Å². The maximum Gasteiger partial charge on any atom is 0.242 e. The molecule has 4 nitrogen and oxygen atoms in total. The van der Waals surface area contributed by atoms with Gasteiger partial charge in [0.2, 0.25) is 11.8 Å². The van der Waals surface area contributed by atoms with Crippen LogP contribution in [-0.4, -0.2) is 34.6 Å². The van der Waals surface area contributed by atoms with Crippen molar-refractivity contribution >= 4 is 46.8 Å². The summed E-state index contributed by atoms with van der Waals surface area (Å²) in [6.45, 7) is 2.15. The summed E-state index contributed by atoms with van der Waals surface area (Å²) in [5, 5.41) is 4.43. The molecule has 1 N–H and O–H groups in total. The molecule has 31 heavy (non-hydrogen) atoms. The number of hydrogen-bond acceptors (Lipinski definition) is 3. The van der Waals surface area contributed by atoms with E-state index in [0.29, 0.717) is 28.1 Å². The molecule has 2 aromatic rings. The number of nitrogens with zero attached hydrogens (tertiary/aromatic N) is 1. The molecule has 3 rings (SSSR count). The molecule has 2 aromatic carbocycles. The lowest BCUT2D eigenvalue weighted by molar-refractivity contribution is -0.138. The van der Waals surface area contributed by atoms with E-state index in [1.807, 2.05) is 42.5 Å². The summed E-state index contributed by atoms with van der Waals surface area (Å²) in [6.07, 6.45) is 4.31. The minimum atomic E-state index is -0.553. The Labute approximate surface area is 198 Å². The fourth-order valence-corrected chi connectivity index (χ4v) is 4.94. The topological polar surface area (TPSA) is 49.4 Å². The van der Waals surface area contributed by atoms with Crippen LogP contribution in [0, 0.1) is 0 Å². The highest BCUT2D eigenvalue weighted by Crippen LogP contribution is 2.21. The first kappa shape index (κ1) is 24.0. The van der Waals surface area contributed by atoms with E-state index in [9.17, 15) is 9.59 Å². The minimum Gasteiger partial charge on any atom is -0.352 e. The summed E-state index contributed by atoms with van der Waals surface area (Å²) in [6, 6.07) is 14.7. The van der Waals surface area contributed by atoms with Crippen molar-refractivity contribution in [1.82, 2.24) is 10.2 Å². The van der Waals surface area contributed by atoms with E-state index in [4.69, 9.17) is 23.2 Å². The number of nitrogens with one attached hydrogen (secondary N) is 1. The first-order chi connectivity index (χ1) is 14.9. The van der Waals surface area contributed by atoms with E-state index in [1.165, 1.54) is 11.8 Å². The molecule has 1 unspecified atom stereocenters. The van der Waals surface area contributed by atoms with Crippen LogP contribution in [0.3, 0.4) is 0 Å². The Morgan fingerprint density at radius 3 is 2.45 bits per heavy atom. The standard InChI is InChI=1S/C24H28Cl2N2O2S/c1-17(24(30)27-22-7-2-3-8-22)28(14-19-5-4-6-21(26)13-19)23(29)16-31-15-18-9-11-20(25)12-10-18/h4-6,9-13,17,22H,2-3,7-8,14-16H2,1H3,(H,27,30). The summed E-state index contributed by atoms with van der Waals surface area (Å²) < 4.78 is 0. The van der Waals surface area contributed by atoms with E-state index < -0.39 is 6.04 Å². The fraction of sp³-hybridized carbons (Fsp3) is 0.417. The molecule has 0 aliphatic heterocycles. The number of thioether (sulfide) groups is 1. The molecule has 0 spiro atoms. The van der Waals surface area contributed by atoms with E-state index >= 15 is 0 Å². The molecular formula is C24H28Cl2N2O2S. The Balaban J connectivity index is 1.65. The van der Waals surface area contributed by atoms with Gasteiger partial charge < -0.3 is 10.2 Å². The lowest BCUT2D eigenvalue weighted by Crippen LogP contribution is -2.50. The maximum absolute atomic E-state index is 13.1. The monoisotopic (exact) mass is 478 g/mol. The van der Waals surface area contributed by atoms with Crippen LogP contribution in [0.15, 0.2) is 48.5 Å². The van der Waals surface area contributed by atoms with Crippen LogP contribution in [0.2, 0.25) is 10.0 Å². The van der Waals surface area contributed by atoms with Crippen molar-refractivity contribution in [3.63, 3.8) is 0 Å². The first-order valence-corrected chi connectivity index (χ1v) is 12.5. The Hall–Kier alpha value is -1.69. The largest absolute Gasteiger partial charge is 0.352 e. The Bertz CT molecular complexity index is 885. The van der Waals surface area contributed by atoms with E-state index in [-0.39, 0.29) is 17.9 Å². The predicted molar refractivity (Wildman–Crippen MR) is 129 cm³/mol. The number of halogens is 2. The van der Waals surface area contributed by atoms with Crippen LogP contribution >= 0.6 is 35.0 Å². The van der Waals surface area contributed by atoms with Gasteiger partial charge >= 0.3 is 0 Å². The van der Waals surface area contributed by atoms with Gasteiger partial charge in [-0.1, -0.05) is 60.3 Å². The van der Waals surface area contributed by atoms with Gasteiger partial charge in [-0.05, 0) is 55.2 Å². The van der Waals surface area contributed by atoms with Gasteiger partial charge in [-0.15, -0.1) is 11.8 Å². The summed E-state index contributed by atoms with van der Waals surface area (Å²) in [4.78, 5) is 27.7. The van der Waals surface area contributed by atoms with Crippen LogP contribution in [0.1, 0.15) is 43.7 Å². The highest BCUT2D eigenvalue weighted by atomic mass is 35.5. The van der Waals surface area contributed by atoms with Gasteiger partial charge in [-0.3, -0.25) is 9.59 Å². The second kappa shape index (κ2) is 11.8. The van der Waals surface area contributed by atoms with Crippen molar-refractivity contribution < 1.29 is 9.59 Å². The van der Waals surface area contributed by atoms with Crippen molar-refractivity contribution in [2.45, 2.75) is 57.0 Å². The molecule has 0 radical (unpaired) electrons. The first-order valence-electron chi connectivity index (χ1n) is 10.6. The molecule has 0 heterocycles. The summed E-state index contributed by atoms with van der Waals surface area (Å²) in [5.74, 6) is 0.846. The molecule has 0 bridgehead atoms. The molecule has 1 aliphatic rings. The summed E-state index contributed by atoms with van der Waals surface area (Å²) >= 11 is 13.6. The normalized spacial score (nSPS) is 14.9. The lowest BCUT2D eigenvalue weighted by atomic mass is 10.1. The van der Waals surface area contributed by atoms with Crippen LogP contribution in [0.5, 0.6) is 0 Å². The number of carbonyl (C=O) groups is 2. The average Bonchev–Trinajstić information content (AvgIpc) is 3.26. The van der Waals surface area contributed by atoms with Gasteiger partial charge in [0.05, 0.1) is 5.75 Å². The molecule has 1 saturated carbocycles. The van der Waals surface area contributed by atoms with Crippen molar-refractivity contribution in [3.8, 4) is 0 Å². The second-order valence-electron chi connectivity index (χ2n) is 7.94. The third-order valence-electron chi connectivity index (χ3n) is 5.52. The number of rotatable bonds is 9. The van der Waals surface area contributed by atoms with Crippen LogP contribution in [0.25, 0.3) is 0 Å². The molecule has 2 amide bonds. The molecular weight excluding hydrogens is 451 g/mol. The molecule has 1 aliphatic carbocycles. The van der Waals surface area contributed by atoms with Gasteiger partial charge in [0.1, 0.15) is 6.04 Å². The Kier molecular flexibility index (Phi) is 9.12. The van der Waals surface area contributed by atoms with Gasteiger partial charge in [-0.25, -0.2) is 0 Å². The van der Waals surface area contributed by atoms with Gasteiger partial charge in [0, 0.05) is 28.4 Å². The van der Waals surface area contributed by atoms with Crippen LogP contribution < -0.4 is 5.32 Å². The average molecular weight is 479 g/mol. The van der Waals surface area contributed by atoms with Crippen molar-refractivity contribution in [3.05, 3.63) is 69.7 Å². The highest BCUT2D eigenvalue weighted by Gasteiger charge is 2.28. The number of benzene rings is 2. The molecule has 1 fully saturated rings. The fourth-order valence-electron chi connectivity index (χ4n) is 3.73.